The van der Waals surface area contributed by atoms with Crippen LogP contribution in [0.2, 0.25) is 0 Å². The summed E-state index contributed by atoms with van der Waals surface area (Å²) in [6, 6.07) is 2.03. The molecule has 141 valence electrons. The lowest BCUT2D eigenvalue weighted by atomic mass is 9.90. The van der Waals surface area contributed by atoms with Gasteiger partial charge in [-0.2, -0.15) is 13.2 Å². The summed E-state index contributed by atoms with van der Waals surface area (Å²) >= 11 is 0. The van der Waals surface area contributed by atoms with E-state index in [-0.39, 0.29) is 38.7 Å². The van der Waals surface area contributed by atoms with Crippen LogP contribution in [0, 0.1) is 0 Å². The van der Waals surface area contributed by atoms with Crippen molar-refractivity contribution in [3.8, 4) is 11.5 Å². The second kappa shape index (κ2) is 6.61. The van der Waals surface area contributed by atoms with E-state index in [1.807, 2.05) is 0 Å². The Hall–Kier alpha value is -2.47. The molecule has 0 bridgehead atoms. The van der Waals surface area contributed by atoms with Crippen LogP contribution >= 0.6 is 0 Å². The maximum absolute atomic E-state index is 12.9. The molecule has 3 aromatic heterocycles. The number of hydrogen-bond donors (Lipinski definition) is 1. The zero-order valence-electron chi connectivity index (χ0n) is 14.2. The number of nitrogens with zero attached hydrogens (tertiary/aromatic N) is 4. The molecule has 1 N–H and O–H groups in total. The minimum Gasteiger partial charge on any atom is -0.450 e. The average molecular weight is 397 g/mol. The number of alkyl halides is 3. The molecular weight excluding hydrogens is 384 g/mol. The van der Waals surface area contributed by atoms with E-state index in [9.17, 15) is 21.6 Å². The van der Waals surface area contributed by atoms with Crippen LogP contribution in [-0.2, 0) is 23.1 Å². The van der Waals surface area contributed by atoms with Crippen molar-refractivity contribution in [2.75, 3.05) is 5.75 Å². The number of aromatic nitrogens is 4. The molecule has 0 spiro atoms. The monoisotopic (exact) mass is 397 g/mol. The molecule has 0 saturated heterocycles. The molecule has 12 heteroatoms. The highest BCUT2D eigenvalue weighted by atomic mass is 32.2. The van der Waals surface area contributed by atoms with Crippen LogP contribution in [0.5, 0.6) is 0 Å². The molecule has 3 rings (SSSR count). The van der Waals surface area contributed by atoms with E-state index in [1.54, 1.807) is 0 Å². The summed E-state index contributed by atoms with van der Waals surface area (Å²) in [5.41, 5.74) is -0.647. The van der Waals surface area contributed by atoms with Crippen LogP contribution in [-0.4, -0.2) is 46.2 Å². The molecule has 0 atom stereocenters. The first-order valence-corrected chi connectivity index (χ1v) is 9.34. The Morgan fingerprint density at radius 1 is 1.22 bits per heavy atom. The Balaban J connectivity index is 2.28. The zero-order valence-corrected chi connectivity index (χ0v) is 15.0. The van der Waals surface area contributed by atoms with Crippen LogP contribution in [0.4, 0.5) is 13.2 Å². The first-order valence-electron chi connectivity index (χ1n) is 7.68. The molecule has 0 aromatic carbocycles. The largest absolute Gasteiger partial charge is 0.450 e. The van der Waals surface area contributed by atoms with Gasteiger partial charge in [0.15, 0.2) is 15.7 Å². The molecule has 7 nitrogen and oxygen atoms in total. The van der Waals surface area contributed by atoms with Crippen LogP contribution in [0.3, 0.4) is 0 Å². The van der Waals surface area contributed by atoms with Gasteiger partial charge in [0.05, 0.1) is 27.9 Å². The summed E-state index contributed by atoms with van der Waals surface area (Å²) in [7, 11) is -1.51. The first kappa shape index (κ1) is 19.3. The van der Waals surface area contributed by atoms with E-state index in [4.69, 9.17) is 5.02 Å². The summed E-state index contributed by atoms with van der Waals surface area (Å²) < 4.78 is 64.9. The number of aryl methyl sites for hydroxylation is 1. The van der Waals surface area contributed by atoms with Crippen molar-refractivity contribution >= 4 is 33.8 Å². The van der Waals surface area contributed by atoms with Crippen LogP contribution in [0.1, 0.15) is 12.6 Å². The van der Waals surface area contributed by atoms with Crippen LogP contribution < -0.4 is 5.46 Å². The number of hydrogen-bond acceptors (Lipinski definition) is 6. The smallest absolute Gasteiger partial charge is 0.433 e. The number of imidazole rings is 1. The standard InChI is InChI=1S/C15H13BF3N4O3S/c1-3-27(25,26)11-4-8(16-24)6-21-13(11)14-22-9-5-12(15(17,18)19)20-7-10(9)23(14)2/h4-7,24H,3H2,1-2H3. The molecule has 0 unspecified atom stereocenters. The second-order valence-electron chi connectivity index (χ2n) is 5.70. The SMILES string of the molecule is CCS(=O)(=O)c1cc([B]O)cnc1-c1nc2cc(C(F)(F)F)ncc2n1C. The summed E-state index contributed by atoms with van der Waals surface area (Å²) in [5.74, 6) is -0.150. The van der Waals surface area contributed by atoms with Gasteiger partial charge in [-0.05, 0) is 17.6 Å². The van der Waals surface area contributed by atoms with Crippen molar-refractivity contribution in [1.29, 1.82) is 0 Å². The van der Waals surface area contributed by atoms with Gasteiger partial charge in [0.25, 0.3) is 0 Å². The topological polar surface area (TPSA) is 98.0 Å². The van der Waals surface area contributed by atoms with Gasteiger partial charge in [-0.25, -0.2) is 18.4 Å². The van der Waals surface area contributed by atoms with Gasteiger partial charge in [-0.1, -0.05) is 6.92 Å². The molecule has 0 saturated carbocycles. The maximum atomic E-state index is 12.9. The minimum absolute atomic E-state index is 0.00858. The van der Waals surface area contributed by atoms with Crippen molar-refractivity contribution in [1.82, 2.24) is 19.5 Å². The quantitative estimate of drug-likeness (QED) is 0.662. The Morgan fingerprint density at radius 3 is 2.52 bits per heavy atom. The van der Waals surface area contributed by atoms with Gasteiger partial charge in [0, 0.05) is 13.2 Å². The lowest BCUT2D eigenvalue weighted by molar-refractivity contribution is -0.141. The van der Waals surface area contributed by atoms with Crippen molar-refractivity contribution in [3.63, 3.8) is 0 Å². The lowest BCUT2D eigenvalue weighted by Crippen LogP contribution is -2.19. The number of fused-ring (bicyclic) bond motifs is 1. The third-order valence-electron chi connectivity index (χ3n) is 4.01. The van der Waals surface area contributed by atoms with E-state index in [0.717, 1.165) is 12.3 Å². The molecule has 3 aromatic rings. The third-order valence-corrected chi connectivity index (χ3v) is 5.75. The number of halogens is 3. The van der Waals surface area contributed by atoms with Gasteiger partial charge in [0.1, 0.15) is 11.4 Å². The first-order chi connectivity index (χ1) is 12.6. The Kier molecular flexibility index (Phi) is 4.72. The molecular formula is C15H13BF3N4O3S. The maximum Gasteiger partial charge on any atom is 0.433 e. The zero-order chi connectivity index (χ0) is 20.0. The normalized spacial score (nSPS) is 12.5. The summed E-state index contributed by atoms with van der Waals surface area (Å²) in [6.45, 7) is 1.45. The summed E-state index contributed by atoms with van der Waals surface area (Å²) in [6.07, 6.45) is -2.36. The van der Waals surface area contributed by atoms with Gasteiger partial charge in [-0.3, -0.25) is 4.98 Å². The van der Waals surface area contributed by atoms with Crippen molar-refractivity contribution < 1.29 is 26.6 Å². The van der Waals surface area contributed by atoms with Crippen LogP contribution in [0.15, 0.2) is 29.4 Å². The Bertz CT molecular complexity index is 1130. The van der Waals surface area contributed by atoms with Crippen molar-refractivity contribution in [2.24, 2.45) is 7.05 Å². The number of rotatable bonds is 4. The van der Waals surface area contributed by atoms with Gasteiger partial charge >= 0.3 is 13.7 Å². The van der Waals surface area contributed by atoms with Crippen LogP contribution in [0.25, 0.3) is 22.6 Å². The molecule has 0 fully saturated rings. The highest BCUT2D eigenvalue weighted by molar-refractivity contribution is 7.91. The van der Waals surface area contributed by atoms with Gasteiger partial charge < -0.3 is 9.59 Å². The predicted molar refractivity (Wildman–Crippen MR) is 92.1 cm³/mol. The lowest BCUT2D eigenvalue weighted by Gasteiger charge is -2.10. The fraction of sp³-hybridized carbons (Fsp3) is 0.267. The second-order valence-corrected chi connectivity index (χ2v) is 7.95. The summed E-state index contributed by atoms with van der Waals surface area (Å²) in [4.78, 5) is 11.4. The number of pyridine rings is 2. The Morgan fingerprint density at radius 2 is 1.93 bits per heavy atom. The summed E-state index contributed by atoms with van der Waals surface area (Å²) in [5, 5.41) is 9.14. The molecule has 0 amide bonds. The minimum atomic E-state index is -4.63. The molecule has 0 aliphatic heterocycles. The fourth-order valence-electron chi connectivity index (χ4n) is 2.55. The van der Waals surface area contributed by atoms with E-state index in [2.05, 4.69) is 15.0 Å². The highest BCUT2D eigenvalue weighted by Gasteiger charge is 2.33. The number of sulfone groups is 1. The predicted octanol–water partition coefficient (Wildman–Crippen LogP) is 1.08. The van der Waals surface area contributed by atoms with E-state index in [0.29, 0.717) is 7.48 Å². The van der Waals surface area contributed by atoms with Crippen molar-refractivity contribution in [3.05, 3.63) is 30.2 Å². The third kappa shape index (κ3) is 3.41. The molecule has 27 heavy (non-hydrogen) atoms. The molecule has 3 heterocycles. The van der Waals surface area contributed by atoms with Gasteiger partial charge in [-0.15, -0.1) is 0 Å². The fourth-order valence-corrected chi connectivity index (χ4v) is 3.61. The molecule has 1 radical (unpaired) electrons. The average Bonchev–Trinajstić information content (AvgIpc) is 2.96. The Labute approximate surface area is 153 Å². The van der Waals surface area contributed by atoms with E-state index in [1.165, 1.54) is 30.8 Å². The van der Waals surface area contributed by atoms with E-state index >= 15 is 0 Å². The van der Waals surface area contributed by atoms with Gasteiger partial charge in [0.2, 0.25) is 0 Å². The van der Waals surface area contributed by atoms with E-state index < -0.39 is 21.7 Å². The van der Waals surface area contributed by atoms with Crippen molar-refractivity contribution in [2.45, 2.75) is 18.0 Å². The molecule has 0 aliphatic carbocycles. The highest BCUT2D eigenvalue weighted by Crippen LogP contribution is 2.31. The molecule has 0 aliphatic rings.